The van der Waals surface area contributed by atoms with Gasteiger partial charge in [0, 0.05) is 17.2 Å². The molecule has 0 unspecified atom stereocenters. The van der Waals surface area contributed by atoms with Crippen LogP contribution in [0.2, 0.25) is 5.02 Å². The lowest BCUT2D eigenvalue weighted by molar-refractivity contribution is 0.294. The molecule has 0 bridgehead atoms. The maximum Gasteiger partial charge on any atom is 0.270 e. The third kappa shape index (κ3) is 5.21. The van der Waals surface area contributed by atoms with Gasteiger partial charge in [-0.05, 0) is 12.5 Å². The van der Waals surface area contributed by atoms with Crippen LogP contribution in [0.15, 0.2) is 52.4 Å². The lowest BCUT2D eigenvalue weighted by Gasteiger charge is -2.11. The highest BCUT2D eigenvalue weighted by Gasteiger charge is 2.13. The number of anilines is 1. The van der Waals surface area contributed by atoms with Crippen molar-refractivity contribution in [1.82, 2.24) is 9.97 Å². The third-order valence-electron chi connectivity index (χ3n) is 4.20. The first-order chi connectivity index (χ1) is 15.1. The number of halogens is 1. The first-order valence-electron chi connectivity index (χ1n) is 9.46. The standard InChI is InChI=1S/C22H20ClN5O3/c1-3-9-31-19-11-17(23)15(10-18(19)30-2)13-25-28-22-26-20(14-7-5-4-6-8-14)16(12-24)21(29)27-22/h4-8,10-11,13H,3,9H2,1-2H3,(H2,26,27,28,29). The van der Waals surface area contributed by atoms with Crippen LogP contribution in [0, 0.1) is 11.3 Å². The number of nitrogens with zero attached hydrogens (tertiary/aromatic N) is 3. The van der Waals surface area contributed by atoms with Gasteiger partial charge in [0.1, 0.15) is 11.6 Å². The minimum atomic E-state index is -0.564. The summed E-state index contributed by atoms with van der Waals surface area (Å²) in [6.45, 7) is 2.55. The van der Waals surface area contributed by atoms with Crippen molar-refractivity contribution >= 4 is 23.8 Å². The summed E-state index contributed by atoms with van der Waals surface area (Å²) >= 11 is 6.33. The number of nitrogens with one attached hydrogen (secondary N) is 2. The fraction of sp³-hybridized carbons (Fsp3) is 0.182. The Morgan fingerprint density at radius 2 is 2.06 bits per heavy atom. The Morgan fingerprint density at radius 3 is 2.74 bits per heavy atom. The fourth-order valence-corrected chi connectivity index (χ4v) is 2.93. The van der Waals surface area contributed by atoms with Gasteiger partial charge in [0.05, 0.1) is 30.6 Å². The average Bonchev–Trinajstić information content (AvgIpc) is 2.79. The second-order valence-corrected chi connectivity index (χ2v) is 6.77. The molecule has 0 atom stereocenters. The van der Waals surface area contributed by atoms with Gasteiger partial charge in [-0.3, -0.25) is 9.78 Å². The van der Waals surface area contributed by atoms with Crippen molar-refractivity contribution in [2.45, 2.75) is 13.3 Å². The van der Waals surface area contributed by atoms with E-state index in [0.717, 1.165) is 6.42 Å². The highest BCUT2D eigenvalue weighted by molar-refractivity contribution is 6.33. The topological polar surface area (TPSA) is 112 Å². The molecule has 2 aromatic carbocycles. The molecule has 0 amide bonds. The van der Waals surface area contributed by atoms with Crippen LogP contribution in [0.3, 0.4) is 0 Å². The molecule has 1 heterocycles. The molecule has 0 radical (unpaired) electrons. The van der Waals surface area contributed by atoms with Crippen LogP contribution in [0.4, 0.5) is 5.95 Å². The molecule has 0 saturated carbocycles. The van der Waals surface area contributed by atoms with Gasteiger partial charge in [-0.2, -0.15) is 10.4 Å². The normalized spacial score (nSPS) is 10.6. The Kier molecular flexibility index (Phi) is 7.25. The summed E-state index contributed by atoms with van der Waals surface area (Å²) in [5, 5.41) is 13.9. The molecule has 0 fully saturated rings. The Hall–Kier alpha value is -3.83. The van der Waals surface area contributed by atoms with E-state index in [0.29, 0.717) is 34.3 Å². The number of hydrogen-bond acceptors (Lipinski definition) is 7. The van der Waals surface area contributed by atoms with Gasteiger partial charge < -0.3 is 9.47 Å². The Bertz CT molecular complexity index is 1190. The number of aromatic amines is 1. The number of hydrazone groups is 1. The number of ether oxygens (including phenoxy) is 2. The SMILES string of the molecule is CCCOc1cc(Cl)c(C=NNc2nc(-c3ccccc3)c(C#N)c(=O)[nH]2)cc1OC. The summed E-state index contributed by atoms with van der Waals surface area (Å²) < 4.78 is 11.0. The van der Waals surface area contributed by atoms with Crippen molar-refractivity contribution in [2.24, 2.45) is 5.10 Å². The molecule has 3 rings (SSSR count). The number of methoxy groups -OCH3 is 1. The van der Waals surface area contributed by atoms with E-state index in [1.807, 2.05) is 19.1 Å². The Balaban J connectivity index is 1.87. The molecule has 0 aliphatic carbocycles. The molecule has 31 heavy (non-hydrogen) atoms. The van der Waals surface area contributed by atoms with E-state index < -0.39 is 5.56 Å². The van der Waals surface area contributed by atoms with Crippen LogP contribution < -0.4 is 20.5 Å². The molecule has 2 N–H and O–H groups in total. The second kappa shape index (κ2) is 10.3. The predicted octanol–water partition coefficient (Wildman–Crippen LogP) is 4.21. The summed E-state index contributed by atoms with van der Waals surface area (Å²) in [4.78, 5) is 19.1. The molecule has 0 aliphatic rings. The Morgan fingerprint density at radius 1 is 1.29 bits per heavy atom. The number of benzene rings is 2. The number of rotatable bonds is 8. The Labute approximate surface area is 184 Å². The van der Waals surface area contributed by atoms with Crippen molar-refractivity contribution in [1.29, 1.82) is 5.26 Å². The van der Waals surface area contributed by atoms with Crippen LogP contribution in [0.5, 0.6) is 11.5 Å². The summed E-state index contributed by atoms with van der Waals surface area (Å²) in [6, 6.07) is 14.2. The minimum Gasteiger partial charge on any atom is -0.493 e. The molecular formula is C22H20ClN5O3. The van der Waals surface area contributed by atoms with E-state index in [1.54, 1.807) is 36.4 Å². The summed E-state index contributed by atoms with van der Waals surface area (Å²) in [6.07, 6.45) is 2.32. The second-order valence-electron chi connectivity index (χ2n) is 6.36. The summed E-state index contributed by atoms with van der Waals surface area (Å²) in [7, 11) is 1.54. The monoisotopic (exact) mass is 437 g/mol. The van der Waals surface area contributed by atoms with Crippen molar-refractivity contribution in [3.8, 4) is 28.8 Å². The zero-order chi connectivity index (χ0) is 22.2. The predicted molar refractivity (Wildman–Crippen MR) is 120 cm³/mol. The van der Waals surface area contributed by atoms with E-state index in [2.05, 4.69) is 20.5 Å². The summed E-state index contributed by atoms with van der Waals surface area (Å²) in [5.41, 5.74) is 3.52. The number of hydrogen-bond donors (Lipinski definition) is 2. The zero-order valence-electron chi connectivity index (χ0n) is 17.0. The lowest BCUT2D eigenvalue weighted by Crippen LogP contribution is -2.16. The molecule has 0 aliphatic heterocycles. The van der Waals surface area contributed by atoms with Crippen molar-refractivity contribution in [3.05, 3.63) is 69.0 Å². The van der Waals surface area contributed by atoms with Crippen molar-refractivity contribution in [3.63, 3.8) is 0 Å². The summed E-state index contributed by atoms with van der Waals surface area (Å²) in [5.74, 6) is 1.16. The van der Waals surface area contributed by atoms with Crippen LogP contribution in [-0.4, -0.2) is 29.9 Å². The molecule has 0 saturated heterocycles. The average molecular weight is 438 g/mol. The van der Waals surface area contributed by atoms with Crippen molar-refractivity contribution in [2.75, 3.05) is 19.1 Å². The van der Waals surface area contributed by atoms with Gasteiger partial charge in [0.15, 0.2) is 11.5 Å². The highest BCUT2D eigenvalue weighted by Crippen LogP contribution is 2.32. The van der Waals surface area contributed by atoms with Crippen LogP contribution >= 0.6 is 11.6 Å². The molecule has 3 aromatic rings. The maximum absolute atomic E-state index is 12.3. The van der Waals surface area contributed by atoms with Crippen LogP contribution in [-0.2, 0) is 0 Å². The lowest BCUT2D eigenvalue weighted by atomic mass is 10.1. The molecular weight excluding hydrogens is 418 g/mol. The van der Waals surface area contributed by atoms with Crippen molar-refractivity contribution < 1.29 is 9.47 Å². The first kappa shape index (κ1) is 21.9. The number of nitriles is 1. The maximum atomic E-state index is 12.3. The van der Waals surface area contributed by atoms with Gasteiger partial charge in [0.2, 0.25) is 5.95 Å². The van der Waals surface area contributed by atoms with E-state index in [1.165, 1.54) is 13.3 Å². The van der Waals surface area contributed by atoms with Gasteiger partial charge in [-0.25, -0.2) is 10.4 Å². The highest BCUT2D eigenvalue weighted by atomic mass is 35.5. The van der Waals surface area contributed by atoms with Gasteiger partial charge >= 0.3 is 0 Å². The smallest absolute Gasteiger partial charge is 0.270 e. The van der Waals surface area contributed by atoms with E-state index in [9.17, 15) is 10.1 Å². The number of H-pyrrole nitrogens is 1. The molecule has 8 nitrogen and oxygen atoms in total. The quantitative estimate of drug-likeness (QED) is 0.403. The molecule has 9 heteroatoms. The third-order valence-corrected chi connectivity index (χ3v) is 4.52. The van der Waals surface area contributed by atoms with E-state index in [-0.39, 0.29) is 17.2 Å². The molecule has 158 valence electrons. The van der Waals surface area contributed by atoms with Crippen LogP contribution in [0.25, 0.3) is 11.3 Å². The van der Waals surface area contributed by atoms with Crippen LogP contribution in [0.1, 0.15) is 24.5 Å². The van der Waals surface area contributed by atoms with Gasteiger partial charge in [0.25, 0.3) is 5.56 Å². The zero-order valence-corrected chi connectivity index (χ0v) is 17.7. The largest absolute Gasteiger partial charge is 0.493 e. The number of aromatic nitrogens is 2. The van der Waals surface area contributed by atoms with Gasteiger partial charge in [-0.15, -0.1) is 0 Å². The van der Waals surface area contributed by atoms with Gasteiger partial charge in [-0.1, -0.05) is 48.9 Å². The fourth-order valence-electron chi connectivity index (χ4n) is 2.73. The first-order valence-corrected chi connectivity index (χ1v) is 9.84. The molecule has 0 spiro atoms. The van der Waals surface area contributed by atoms with E-state index >= 15 is 0 Å². The molecule has 1 aromatic heterocycles. The minimum absolute atomic E-state index is 0.0730. The van der Waals surface area contributed by atoms with E-state index in [4.69, 9.17) is 21.1 Å².